The van der Waals surface area contributed by atoms with Crippen molar-refractivity contribution >= 4 is 11.7 Å². The van der Waals surface area contributed by atoms with E-state index in [0.717, 1.165) is 11.1 Å². The average Bonchev–Trinajstić information content (AvgIpc) is 2.43. The SMILES string of the molecule is CCOC(=O)C(c1ccccc1)c1ccc(N)cc1. The Morgan fingerprint density at radius 2 is 1.63 bits per heavy atom. The molecule has 0 saturated heterocycles. The molecule has 2 aromatic rings. The van der Waals surface area contributed by atoms with Crippen LogP contribution >= 0.6 is 0 Å². The van der Waals surface area contributed by atoms with Crippen LogP contribution in [0.15, 0.2) is 54.6 Å². The Morgan fingerprint density at radius 3 is 2.21 bits per heavy atom. The molecule has 1 unspecified atom stereocenters. The van der Waals surface area contributed by atoms with Gasteiger partial charge in [0, 0.05) is 5.69 Å². The summed E-state index contributed by atoms with van der Waals surface area (Å²) in [5.74, 6) is -0.639. The molecule has 2 N–H and O–H groups in total. The maximum absolute atomic E-state index is 12.2. The third kappa shape index (κ3) is 3.13. The summed E-state index contributed by atoms with van der Waals surface area (Å²) in [6.07, 6.45) is 0. The van der Waals surface area contributed by atoms with Crippen LogP contribution in [-0.2, 0) is 9.53 Å². The molecule has 0 spiro atoms. The van der Waals surface area contributed by atoms with Gasteiger partial charge < -0.3 is 10.5 Å². The quantitative estimate of drug-likeness (QED) is 0.675. The predicted molar refractivity (Wildman–Crippen MR) is 75.8 cm³/mol. The fraction of sp³-hybridized carbons (Fsp3) is 0.188. The first-order chi connectivity index (χ1) is 9.22. The van der Waals surface area contributed by atoms with Crippen molar-refractivity contribution in [2.45, 2.75) is 12.8 Å². The highest BCUT2D eigenvalue weighted by molar-refractivity contribution is 5.82. The maximum atomic E-state index is 12.2. The molecule has 3 nitrogen and oxygen atoms in total. The van der Waals surface area contributed by atoms with Crippen molar-refractivity contribution in [2.75, 3.05) is 12.3 Å². The minimum absolute atomic E-state index is 0.238. The van der Waals surface area contributed by atoms with E-state index in [0.29, 0.717) is 12.3 Å². The highest BCUT2D eigenvalue weighted by atomic mass is 16.5. The highest BCUT2D eigenvalue weighted by Crippen LogP contribution is 2.26. The molecule has 2 aromatic carbocycles. The van der Waals surface area contributed by atoms with Crippen molar-refractivity contribution in [2.24, 2.45) is 0 Å². The third-order valence-electron chi connectivity index (χ3n) is 2.93. The standard InChI is InChI=1S/C16H17NO2/c1-2-19-16(18)15(12-6-4-3-5-7-12)13-8-10-14(17)11-9-13/h3-11,15H,2,17H2,1H3. The Bertz CT molecular complexity index is 534. The molecule has 0 aromatic heterocycles. The van der Waals surface area contributed by atoms with Gasteiger partial charge in [0.15, 0.2) is 0 Å². The number of nitrogens with two attached hydrogens (primary N) is 1. The van der Waals surface area contributed by atoms with Crippen LogP contribution in [0.5, 0.6) is 0 Å². The van der Waals surface area contributed by atoms with E-state index in [-0.39, 0.29) is 5.97 Å². The largest absolute Gasteiger partial charge is 0.465 e. The van der Waals surface area contributed by atoms with Gasteiger partial charge >= 0.3 is 5.97 Å². The monoisotopic (exact) mass is 255 g/mol. The fourth-order valence-corrected chi connectivity index (χ4v) is 2.02. The molecule has 0 aliphatic carbocycles. The van der Waals surface area contributed by atoms with E-state index in [9.17, 15) is 4.79 Å². The summed E-state index contributed by atoms with van der Waals surface area (Å²) >= 11 is 0. The van der Waals surface area contributed by atoms with Gasteiger partial charge in [-0.1, -0.05) is 42.5 Å². The molecule has 0 saturated carbocycles. The van der Waals surface area contributed by atoms with Gasteiger partial charge in [-0.05, 0) is 30.2 Å². The number of hydrogen-bond acceptors (Lipinski definition) is 3. The molecule has 19 heavy (non-hydrogen) atoms. The number of carbonyl (C=O) groups excluding carboxylic acids is 1. The van der Waals surface area contributed by atoms with Crippen LogP contribution < -0.4 is 5.73 Å². The lowest BCUT2D eigenvalue weighted by Gasteiger charge is -2.16. The van der Waals surface area contributed by atoms with E-state index in [1.165, 1.54) is 0 Å². The number of ether oxygens (including phenoxy) is 1. The molecule has 3 heteroatoms. The number of hydrogen-bond donors (Lipinski definition) is 1. The normalized spacial score (nSPS) is 11.8. The summed E-state index contributed by atoms with van der Waals surface area (Å²) in [4.78, 5) is 12.2. The zero-order valence-corrected chi connectivity index (χ0v) is 10.9. The van der Waals surface area contributed by atoms with Crippen LogP contribution in [0.3, 0.4) is 0 Å². The number of benzene rings is 2. The van der Waals surface area contributed by atoms with Crippen molar-refractivity contribution in [3.8, 4) is 0 Å². The van der Waals surface area contributed by atoms with Crippen molar-refractivity contribution in [1.29, 1.82) is 0 Å². The summed E-state index contributed by atoms with van der Waals surface area (Å²) in [7, 11) is 0. The number of anilines is 1. The Kier molecular flexibility index (Phi) is 4.18. The lowest BCUT2D eigenvalue weighted by Crippen LogP contribution is -2.17. The minimum Gasteiger partial charge on any atom is -0.465 e. The van der Waals surface area contributed by atoms with Crippen LogP contribution in [0.2, 0.25) is 0 Å². The zero-order chi connectivity index (χ0) is 13.7. The minimum atomic E-state index is -0.401. The second-order valence-corrected chi connectivity index (χ2v) is 4.26. The van der Waals surface area contributed by atoms with Crippen LogP contribution in [0.25, 0.3) is 0 Å². The molecule has 0 bridgehead atoms. The molecule has 0 radical (unpaired) electrons. The van der Waals surface area contributed by atoms with Gasteiger partial charge in [0.1, 0.15) is 5.92 Å². The Morgan fingerprint density at radius 1 is 1.05 bits per heavy atom. The number of esters is 1. The molecule has 0 heterocycles. The molecular formula is C16H17NO2. The smallest absolute Gasteiger partial charge is 0.317 e. The van der Waals surface area contributed by atoms with Crippen LogP contribution in [0.4, 0.5) is 5.69 Å². The van der Waals surface area contributed by atoms with Crippen molar-refractivity contribution in [1.82, 2.24) is 0 Å². The van der Waals surface area contributed by atoms with Crippen molar-refractivity contribution < 1.29 is 9.53 Å². The molecule has 0 aliphatic heterocycles. The summed E-state index contributed by atoms with van der Waals surface area (Å²) in [5.41, 5.74) is 8.17. The topological polar surface area (TPSA) is 52.3 Å². The lowest BCUT2D eigenvalue weighted by molar-refractivity contribution is -0.143. The lowest BCUT2D eigenvalue weighted by atomic mass is 9.91. The van der Waals surface area contributed by atoms with Crippen LogP contribution in [-0.4, -0.2) is 12.6 Å². The van der Waals surface area contributed by atoms with Gasteiger partial charge in [-0.15, -0.1) is 0 Å². The van der Waals surface area contributed by atoms with E-state index in [4.69, 9.17) is 10.5 Å². The van der Waals surface area contributed by atoms with Gasteiger partial charge in [0.25, 0.3) is 0 Å². The molecule has 1 atom stereocenters. The Labute approximate surface area is 113 Å². The zero-order valence-electron chi connectivity index (χ0n) is 10.9. The molecule has 0 fully saturated rings. The van der Waals surface area contributed by atoms with Gasteiger partial charge in [0.2, 0.25) is 0 Å². The predicted octanol–water partition coefficient (Wildman–Crippen LogP) is 2.96. The van der Waals surface area contributed by atoms with E-state index in [1.807, 2.05) is 49.4 Å². The van der Waals surface area contributed by atoms with Gasteiger partial charge in [-0.3, -0.25) is 4.79 Å². The van der Waals surface area contributed by atoms with Crippen molar-refractivity contribution in [3.05, 3.63) is 65.7 Å². The van der Waals surface area contributed by atoms with Crippen LogP contribution in [0, 0.1) is 0 Å². The molecule has 2 rings (SSSR count). The summed E-state index contributed by atoms with van der Waals surface area (Å²) < 4.78 is 5.17. The van der Waals surface area contributed by atoms with Crippen molar-refractivity contribution in [3.63, 3.8) is 0 Å². The van der Waals surface area contributed by atoms with Crippen LogP contribution in [0.1, 0.15) is 24.0 Å². The second kappa shape index (κ2) is 6.05. The third-order valence-corrected chi connectivity index (χ3v) is 2.93. The first kappa shape index (κ1) is 13.1. The molecular weight excluding hydrogens is 238 g/mol. The maximum Gasteiger partial charge on any atom is 0.317 e. The molecule has 0 amide bonds. The number of carbonyl (C=O) groups is 1. The van der Waals surface area contributed by atoms with E-state index >= 15 is 0 Å². The summed E-state index contributed by atoms with van der Waals surface area (Å²) in [5, 5.41) is 0. The Hall–Kier alpha value is -2.29. The average molecular weight is 255 g/mol. The number of nitrogen functional groups attached to an aromatic ring is 1. The van der Waals surface area contributed by atoms with Gasteiger partial charge in [0.05, 0.1) is 6.61 Å². The summed E-state index contributed by atoms with van der Waals surface area (Å²) in [6.45, 7) is 2.18. The van der Waals surface area contributed by atoms with E-state index in [2.05, 4.69) is 0 Å². The Balaban J connectivity index is 2.40. The van der Waals surface area contributed by atoms with E-state index < -0.39 is 5.92 Å². The fourth-order valence-electron chi connectivity index (χ4n) is 2.02. The summed E-state index contributed by atoms with van der Waals surface area (Å²) in [6, 6.07) is 16.9. The first-order valence-electron chi connectivity index (χ1n) is 6.29. The first-order valence-corrected chi connectivity index (χ1v) is 6.29. The highest BCUT2D eigenvalue weighted by Gasteiger charge is 2.23. The van der Waals surface area contributed by atoms with Gasteiger partial charge in [-0.2, -0.15) is 0 Å². The van der Waals surface area contributed by atoms with Gasteiger partial charge in [-0.25, -0.2) is 0 Å². The molecule has 0 aliphatic rings. The van der Waals surface area contributed by atoms with E-state index in [1.54, 1.807) is 12.1 Å². The molecule has 98 valence electrons. The second-order valence-electron chi connectivity index (χ2n) is 4.26. The number of rotatable bonds is 4.